The van der Waals surface area contributed by atoms with E-state index in [0.29, 0.717) is 18.9 Å². The molecule has 0 aliphatic carbocycles. The molecule has 308 valence electrons. The van der Waals surface area contributed by atoms with E-state index in [0.717, 1.165) is 75.4 Å². The van der Waals surface area contributed by atoms with Crippen LogP contribution in [0.15, 0.2) is 24.3 Å². The average molecular weight is 773 g/mol. The molecule has 0 saturated carbocycles. The molecule has 6 bridgehead atoms. The highest BCUT2D eigenvalue weighted by Gasteiger charge is 2.68. The van der Waals surface area contributed by atoms with Crippen LogP contribution in [0.2, 0.25) is 0 Å². The molecule has 0 aromatic heterocycles. The van der Waals surface area contributed by atoms with E-state index in [4.69, 9.17) is 52.1 Å². The maximum absolute atomic E-state index is 11.5. The summed E-state index contributed by atoms with van der Waals surface area (Å²) in [6.45, 7) is 19.7. The molecular formula is C43H64O12. The minimum atomic E-state index is -0.700. The number of fused-ring (bicyclic) bond motifs is 3. The van der Waals surface area contributed by atoms with Gasteiger partial charge in [0.05, 0.1) is 79.9 Å². The lowest BCUT2D eigenvalue weighted by Crippen LogP contribution is -2.63. The SMILES string of the molecule is C=C1CC(CCC23CC4OC5C(OC6CCC(C)OC6C5O2)C4O3)OC1CCC1CC(C)C(=C)C(CC2OC3CC4OC(C)(C)OCC4OC3C(C)C2O)O1. The zero-order chi connectivity index (χ0) is 38.0. The quantitative estimate of drug-likeness (QED) is 0.332. The van der Waals surface area contributed by atoms with Gasteiger partial charge in [-0.05, 0) is 82.8 Å². The van der Waals surface area contributed by atoms with E-state index in [1.807, 2.05) is 13.8 Å². The van der Waals surface area contributed by atoms with Gasteiger partial charge in [0.2, 0.25) is 0 Å². The molecule has 55 heavy (non-hydrogen) atoms. The molecule has 0 aromatic carbocycles. The first-order chi connectivity index (χ1) is 26.3. The van der Waals surface area contributed by atoms with Crippen molar-refractivity contribution in [3.63, 3.8) is 0 Å². The highest BCUT2D eigenvalue weighted by molar-refractivity contribution is 5.15. The fourth-order valence-electron chi connectivity index (χ4n) is 11.8. The summed E-state index contributed by atoms with van der Waals surface area (Å²) < 4.78 is 71.8. The zero-order valence-corrected chi connectivity index (χ0v) is 33.4. The average Bonchev–Trinajstić information content (AvgIpc) is 3.73. The predicted octanol–water partition coefficient (Wildman–Crippen LogP) is 5.06. The summed E-state index contributed by atoms with van der Waals surface area (Å²) in [5, 5.41) is 11.5. The Kier molecular flexibility index (Phi) is 9.96. The van der Waals surface area contributed by atoms with Crippen molar-refractivity contribution in [2.45, 2.75) is 227 Å². The Hall–Kier alpha value is -1.00. The van der Waals surface area contributed by atoms with Crippen molar-refractivity contribution in [1.29, 1.82) is 0 Å². The summed E-state index contributed by atoms with van der Waals surface area (Å²) >= 11 is 0. The summed E-state index contributed by atoms with van der Waals surface area (Å²) in [6, 6.07) is 0. The van der Waals surface area contributed by atoms with Gasteiger partial charge in [-0.3, -0.25) is 0 Å². The van der Waals surface area contributed by atoms with Gasteiger partial charge in [-0.15, -0.1) is 0 Å². The van der Waals surface area contributed by atoms with Crippen LogP contribution in [0.1, 0.15) is 105 Å². The molecule has 21 unspecified atom stereocenters. The van der Waals surface area contributed by atoms with Gasteiger partial charge in [-0.2, -0.15) is 0 Å². The molecular weight excluding hydrogens is 708 g/mol. The van der Waals surface area contributed by atoms with Crippen LogP contribution >= 0.6 is 0 Å². The highest BCUT2D eigenvalue weighted by Crippen LogP contribution is 2.54. The second-order valence-corrected chi connectivity index (χ2v) is 19.3. The third kappa shape index (κ3) is 6.93. The largest absolute Gasteiger partial charge is 0.390 e. The molecule has 11 aliphatic heterocycles. The number of aliphatic hydroxyl groups is 1. The summed E-state index contributed by atoms with van der Waals surface area (Å²) in [5.74, 6) is -1.13. The van der Waals surface area contributed by atoms with Gasteiger partial charge < -0.3 is 57.2 Å². The fourth-order valence-corrected chi connectivity index (χ4v) is 11.8. The van der Waals surface area contributed by atoms with Crippen LogP contribution in [0.25, 0.3) is 0 Å². The van der Waals surface area contributed by atoms with Crippen molar-refractivity contribution < 1.29 is 57.2 Å². The number of aliphatic hydroxyl groups excluding tert-OH is 1. The third-order valence-corrected chi connectivity index (χ3v) is 14.9. The Morgan fingerprint density at radius 1 is 0.673 bits per heavy atom. The predicted molar refractivity (Wildman–Crippen MR) is 197 cm³/mol. The Morgan fingerprint density at radius 2 is 1.44 bits per heavy atom. The lowest BCUT2D eigenvalue weighted by atomic mass is 9.79. The van der Waals surface area contributed by atoms with E-state index in [1.54, 1.807) is 0 Å². The van der Waals surface area contributed by atoms with Crippen LogP contribution in [0.5, 0.6) is 0 Å². The molecule has 11 aliphatic rings. The molecule has 11 heterocycles. The summed E-state index contributed by atoms with van der Waals surface area (Å²) in [5.41, 5.74) is 2.23. The van der Waals surface area contributed by atoms with Crippen molar-refractivity contribution in [1.82, 2.24) is 0 Å². The number of rotatable bonds is 8. The van der Waals surface area contributed by atoms with Crippen molar-refractivity contribution in [3.8, 4) is 0 Å². The molecule has 0 amide bonds. The standard InChI is InChI=1S/C43H64O12/c1-20-14-25(48-29(23(20)4)16-31-35(44)24(5)36-32(49-31)17-30-34(52-36)19-45-42(6,7)53-30)9-11-27-21(2)15-26(47-27)12-13-43-18-33-38(54-43)39-40(51-33)41(55-43)37-28(50-39)10-8-22(3)46-37/h20,22,24-41,44H,2,4,8-19H2,1,3,5-7H3. The van der Waals surface area contributed by atoms with Gasteiger partial charge in [0, 0.05) is 31.6 Å². The van der Waals surface area contributed by atoms with Crippen molar-refractivity contribution in [2.75, 3.05) is 6.61 Å². The molecule has 1 N–H and O–H groups in total. The van der Waals surface area contributed by atoms with Gasteiger partial charge in [-0.1, -0.05) is 27.0 Å². The first kappa shape index (κ1) is 38.2. The second-order valence-electron chi connectivity index (χ2n) is 19.3. The third-order valence-electron chi connectivity index (χ3n) is 14.9. The Balaban J connectivity index is 0.727. The van der Waals surface area contributed by atoms with Crippen LogP contribution in [0.3, 0.4) is 0 Å². The van der Waals surface area contributed by atoms with Crippen LogP contribution in [0, 0.1) is 11.8 Å². The Labute approximate surface area is 326 Å². The number of ether oxygens (including phenoxy) is 11. The Bertz CT molecular complexity index is 1470. The topological polar surface area (TPSA) is 122 Å². The van der Waals surface area contributed by atoms with E-state index in [-0.39, 0.29) is 110 Å². The van der Waals surface area contributed by atoms with E-state index < -0.39 is 17.7 Å². The van der Waals surface area contributed by atoms with E-state index in [2.05, 4.69) is 33.9 Å². The van der Waals surface area contributed by atoms with Crippen LogP contribution in [-0.2, 0) is 52.1 Å². The van der Waals surface area contributed by atoms with Gasteiger partial charge in [-0.25, -0.2) is 0 Å². The van der Waals surface area contributed by atoms with Crippen molar-refractivity contribution in [2.24, 2.45) is 11.8 Å². The molecule has 21 atom stereocenters. The molecule has 11 rings (SSSR count). The van der Waals surface area contributed by atoms with Gasteiger partial charge >= 0.3 is 0 Å². The summed E-state index contributed by atoms with van der Waals surface area (Å²) in [4.78, 5) is 0. The summed E-state index contributed by atoms with van der Waals surface area (Å²) in [6.07, 6.45) is 6.92. The normalized spacial score (nSPS) is 55.2. The highest BCUT2D eigenvalue weighted by atomic mass is 16.8. The lowest BCUT2D eigenvalue weighted by Gasteiger charge is -2.53. The van der Waals surface area contributed by atoms with E-state index in [9.17, 15) is 5.11 Å². The first-order valence-corrected chi connectivity index (χ1v) is 21.6. The molecule has 11 fully saturated rings. The van der Waals surface area contributed by atoms with Crippen LogP contribution in [-0.4, -0.2) is 133 Å². The van der Waals surface area contributed by atoms with E-state index >= 15 is 0 Å². The van der Waals surface area contributed by atoms with Gasteiger partial charge in [0.15, 0.2) is 11.6 Å². The van der Waals surface area contributed by atoms with Gasteiger partial charge in [0.1, 0.15) is 36.6 Å². The minimum Gasteiger partial charge on any atom is -0.390 e. The molecule has 0 aromatic rings. The fraction of sp³-hybridized carbons (Fsp3) is 0.907. The molecule has 12 heteroatoms. The lowest BCUT2D eigenvalue weighted by molar-refractivity contribution is -0.355. The maximum atomic E-state index is 11.5. The Morgan fingerprint density at radius 3 is 2.29 bits per heavy atom. The summed E-state index contributed by atoms with van der Waals surface area (Å²) in [7, 11) is 0. The molecule has 0 spiro atoms. The number of hydrogen-bond acceptors (Lipinski definition) is 12. The van der Waals surface area contributed by atoms with E-state index in [1.165, 1.54) is 0 Å². The second kappa shape index (κ2) is 14.3. The molecule has 11 saturated heterocycles. The minimum absolute atomic E-state index is 0.000744. The zero-order valence-electron chi connectivity index (χ0n) is 33.4. The molecule has 12 nitrogen and oxygen atoms in total. The first-order valence-electron chi connectivity index (χ1n) is 21.6. The van der Waals surface area contributed by atoms with Crippen LogP contribution in [0.4, 0.5) is 0 Å². The van der Waals surface area contributed by atoms with Gasteiger partial charge in [0.25, 0.3) is 0 Å². The van der Waals surface area contributed by atoms with Crippen molar-refractivity contribution in [3.05, 3.63) is 24.3 Å². The van der Waals surface area contributed by atoms with Crippen LogP contribution < -0.4 is 0 Å². The molecule has 0 radical (unpaired) electrons. The smallest absolute Gasteiger partial charge is 0.172 e. The maximum Gasteiger partial charge on any atom is 0.172 e. The van der Waals surface area contributed by atoms with Crippen molar-refractivity contribution >= 4 is 0 Å². The number of hydrogen-bond donors (Lipinski definition) is 1. The monoisotopic (exact) mass is 772 g/mol.